The van der Waals surface area contributed by atoms with Gasteiger partial charge in [0.1, 0.15) is 5.75 Å². The molecule has 0 unspecified atom stereocenters. The van der Waals surface area contributed by atoms with Crippen molar-refractivity contribution in [2.24, 2.45) is 0 Å². The maximum atomic E-state index is 11.3. The molecule has 22 heavy (non-hydrogen) atoms. The SMILES string of the molecule is CCOc1ccc(-c2cc3cc(C)ccn3c2)cc1N([O-])O. The minimum absolute atomic E-state index is 0.103. The van der Waals surface area contributed by atoms with Gasteiger partial charge in [0.25, 0.3) is 0 Å². The first-order chi connectivity index (χ1) is 10.6. The Kier molecular flexibility index (Phi) is 3.75. The number of benzene rings is 1. The van der Waals surface area contributed by atoms with E-state index in [0.717, 1.165) is 16.6 Å². The molecule has 1 N–H and O–H groups in total. The molecule has 0 radical (unpaired) electrons. The van der Waals surface area contributed by atoms with Crippen LogP contribution in [-0.2, 0) is 0 Å². The second kappa shape index (κ2) is 5.71. The van der Waals surface area contributed by atoms with Crippen LogP contribution < -0.4 is 9.96 Å². The van der Waals surface area contributed by atoms with Crippen molar-refractivity contribution in [2.45, 2.75) is 13.8 Å². The minimum Gasteiger partial charge on any atom is -0.733 e. The molecule has 0 aliphatic carbocycles. The normalized spacial score (nSPS) is 10.9. The van der Waals surface area contributed by atoms with Gasteiger partial charge in [-0.1, -0.05) is 6.07 Å². The summed E-state index contributed by atoms with van der Waals surface area (Å²) in [5, 5.41) is 20.4. The van der Waals surface area contributed by atoms with Crippen LogP contribution in [0.2, 0.25) is 0 Å². The van der Waals surface area contributed by atoms with Crippen LogP contribution in [0.1, 0.15) is 12.5 Å². The average molecular weight is 297 g/mol. The standard InChI is InChI=1S/C17H17N2O3/c1-3-22-17-5-4-13(10-16(17)19(20)21)14-9-15-8-12(2)6-7-18(15)11-14/h4-11,20H,3H2,1-2H3/q-1. The molecule has 0 spiro atoms. The van der Waals surface area contributed by atoms with Crippen LogP contribution in [0, 0.1) is 12.1 Å². The number of fused-ring (bicyclic) bond motifs is 1. The van der Waals surface area contributed by atoms with Crippen molar-refractivity contribution in [2.75, 3.05) is 11.8 Å². The second-order valence-electron chi connectivity index (χ2n) is 5.15. The Morgan fingerprint density at radius 2 is 2.00 bits per heavy atom. The Morgan fingerprint density at radius 3 is 2.73 bits per heavy atom. The van der Waals surface area contributed by atoms with Gasteiger partial charge in [-0.25, -0.2) is 0 Å². The lowest BCUT2D eigenvalue weighted by molar-refractivity contribution is 0.284. The lowest BCUT2D eigenvalue weighted by atomic mass is 10.1. The number of pyridine rings is 1. The topological polar surface area (TPSA) is 60.2 Å². The molecule has 3 rings (SSSR count). The average Bonchev–Trinajstić information content (AvgIpc) is 2.90. The fraction of sp³-hybridized carbons (Fsp3) is 0.176. The molecule has 0 saturated carbocycles. The summed E-state index contributed by atoms with van der Waals surface area (Å²) in [5.41, 5.74) is 4.18. The zero-order valence-corrected chi connectivity index (χ0v) is 12.5. The van der Waals surface area contributed by atoms with Gasteiger partial charge in [-0.15, -0.1) is 0 Å². The summed E-state index contributed by atoms with van der Waals surface area (Å²) in [6, 6.07) is 11.4. The number of aromatic nitrogens is 1. The highest BCUT2D eigenvalue weighted by molar-refractivity contribution is 5.75. The van der Waals surface area contributed by atoms with Gasteiger partial charge in [-0.2, -0.15) is 0 Å². The van der Waals surface area contributed by atoms with E-state index in [1.165, 1.54) is 5.56 Å². The van der Waals surface area contributed by atoms with Crippen LogP contribution in [0.25, 0.3) is 16.6 Å². The third-order valence-electron chi connectivity index (χ3n) is 3.55. The Labute approximate surface area is 128 Å². The fourth-order valence-electron chi connectivity index (χ4n) is 2.50. The summed E-state index contributed by atoms with van der Waals surface area (Å²) in [5.74, 6) is 0.364. The summed E-state index contributed by atoms with van der Waals surface area (Å²) in [4.78, 5) is 0. The van der Waals surface area contributed by atoms with Gasteiger partial charge < -0.3 is 19.6 Å². The molecule has 5 heteroatoms. The van der Waals surface area contributed by atoms with E-state index in [1.54, 1.807) is 12.1 Å². The first kappa shape index (κ1) is 14.4. The molecular formula is C17H17N2O3-. The van der Waals surface area contributed by atoms with E-state index < -0.39 is 0 Å². The quantitative estimate of drug-likeness (QED) is 0.739. The minimum atomic E-state index is -0.158. The number of hydrogen-bond acceptors (Lipinski definition) is 4. The van der Waals surface area contributed by atoms with Gasteiger partial charge in [-0.05, 0) is 55.3 Å². The van der Waals surface area contributed by atoms with Crippen LogP contribution in [0.4, 0.5) is 5.69 Å². The zero-order chi connectivity index (χ0) is 15.7. The summed E-state index contributed by atoms with van der Waals surface area (Å²) in [7, 11) is 0. The lowest BCUT2D eigenvalue weighted by Crippen LogP contribution is -2.09. The molecule has 2 heterocycles. The van der Waals surface area contributed by atoms with Crippen molar-refractivity contribution in [3.63, 3.8) is 0 Å². The van der Waals surface area contributed by atoms with Gasteiger partial charge in [0.15, 0.2) is 0 Å². The van der Waals surface area contributed by atoms with E-state index in [2.05, 4.69) is 6.07 Å². The fourth-order valence-corrected chi connectivity index (χ4v) is 2.50. The molecule has 0 amide bonds. The van der Waals surface area contributed by atoms with Gasteiger partial charge in [0.2, 0.25) is 0 Å². The molecule has 114 valence electrons. The van der Waals surface area contributed by atoms with E-state index in [4.69, 9.17) is 4.74 Å². The molecule has 5 nitrogen and oxygen atoms in total. The largest absolute Gasteiger partial charge is 0.733 e. The smallest absolute Gasteiger partial charge is 0.143 e. The molecule has 0 aliphatic rings. The maximum absolute atomic E-state index is 11.3. The highest BCUT2D eigenvalue weighted by atomic mass is 16.8. The monoisotopic (exact) mass is 297 g/mol. The lowest BCUT2D eigenvalue weighted by Gasteiger charge is -2.24. The maximum Gasteiger partial charge on any atom is 0.143 e. The molecule has 1 aromatic carbocycles. The van der Waals surface area contributed by atoms with Crippen LogP contribution in [0.5, 0.6) is 5.75 Å². The molecule has 3 aromatic rings. The number of rotatable bonds is 4. The number of ether oxygens (including phenoxy) is 1. The Hall–Kier alpha value is -2.50. The van der Waals surface area contributed by atoms with E-state index in [0.29, 0.717) is 12.4 Å². The Balaban J connectivity index is 2.07. The van der Waals surface area contributed by atoms with Crippen molar-refractivity contribution >= 4 is 11.2 Å². The van der Waals surface area contributed by atoms with E-state index in [-0.39, 0.29) is 10.9 Å². The van der Waals surface area contributed by atoms with Crippen LogP contribution in [0.15, 0.2) is 48.8 Å². The predicted molar refractivity (Wildman–Crippen MR) is 86.4 cm³/mol. The predicted octanol–water partition coefficient (Wildman–Crippen LogP) is 4.01. The Morgan fingerprint density at radius 1 is 1.18 bits per heavy atom. The summed E-state index contributed by atoms with van der Waals surface area (Å²) < 4.78 is 7.38. The van der Waals surface area contributed by atoms with Crippen LogP contribution in [0.3, 0.4) is 0 Å². The van der Waals surface area contributed by atoms with Crippen molar-refractivity contribution in [1.82, 2.24) is 4.40 Å². The highest BCUT2D eigenvalue weighted by Crippen LogP contribution is 2.33. The Bertz CT molecular complexity index is 809. The summed E-state index contributed by atoms with van der Waals surface area (Å²) >= 11 is 0. The van der Waals surface area contributed by atoms with Gasteiger partial charge >= 0.3 is 0 Å². The molecule has 2 aromatic heterocycles. The van der Waals surface area contributed by atoms with Gasteiger partial charge in [0, 0.05) is 23.5 Å². The third-order valence-corrected chi connectivity index (χ3v) is 3.55. The molecule has 0 bridgehead atoms. The first-order valence-electron chi connectivity index (χ1n) is 7.10. The number of aryl methyl sites for hydroxylation is 1. The van der Waals surface area contributed by atoms with Gasteiger partial charge in [-0.3, -0.25) is 5.21 Å². The van der Waals surface area contributed by atoms with E-state index in [9.17, 15) is 10.4 Å². The van der Waals surface area contributed by atoms with Crippen molar-refractivity contribution in [3.05, 3.63) is 59.6 Å². The van der Waals surface area contributed by atoms with Crippen LogP contribution >= 0.6 is 0 Å². The first-order valence-corrected chi connectivity index (χ1v) is 7.10. The third kappa shape index (κ3) is 2.64. The number of anilines is 1. The molecule has 0 atom stereocenters. The van der Waals surface area contributed by atoms with E-state index in [1.807, 2.05) is 48.8 Å². The molecular weight excluding hydrogens is 280 g/mol. The van der Waals surface area contributed by atoms with Crippen molar-refractivity contribution in [1.29, 1.82) is 0 Å². The summed E-state index contributed by atoms with van der Waals surface area (Å²) in [6.07, 6.45) is 3.98. The van der Waals surface area contributed by atoms with Gasteiger partial charge in [0.05, 0.1) is 12.3 Å². The van der Waals surface area contributed by atoms with E-state index >= 15 is 0 Å². The molecule has 0 aliphatic heterocycles. The summed E-state index contributed by atoms with van der Waals surface area (Å²) in [6.45, 7) is 4.30. The second-order valence-corrected chi connectivity index (χ2v) is 5.15. The highest BCUT2D eigenvalue weighted by Gasteiger charge is 2.09. The van der Waals surface area contributed by atoms with Crippen molar-refractivity contribution in [3.8, 4) is 16.9 Å². The van der Waals surface area contributed by atoms with Crippen molar-refractivity contribution < 1.29 is 9.94 Å². The number of hydrogen-bond donors (Lipinski definition) is 1. The zero-order valence-electron chi connectivity index (χ0n) is 12.5. The van der Waals surface area contributed by atoms with Crippen LogP contribution in [-0.4, -0.2) is 16.2 Å². The number of nitrogens with zero attached hydrogens (tertiary/aromatic N) is 2. The molecule has 0 saturated heterocycles. The molecule has 0 fully saturated rings.